The average molecular weight is 331 g/mol. The summed E-state index contributed by atoms with van der Waals surface area (Å²) in [6, 6.07) is 23.2. The lowest BCUT2D eigenvalue weighted by molar-refractivity contribution is -0.160. The molecule has 0 aromatic heterocycles. The van der Waals surface area contributed by atoms with Crippen LogP contribution in [-0.4, -0.2) is 18.0 Å². The summed E-state index contributed by atoms with van der Waals surface area (Å²) in [5.41, 5.74) is 1.78. The number of carbonyl (C=O) groups is 2. The molecule has 1 fully saturated rings. The van der Waals surface area contributed by atoms with Crippen molar-refractivity contribution < 1.29 is 14.3 Å². The third-order valence-electron chi connectivity index (χ3n) is 4.51. The Morgan fingerprint density at radius 2 is 1.60 bits per heavy atom. The first kappa shape index (κ1) is 15.4. The van der Waals surface area contributed by atoms with Gasteiger partial charge in [0, 0.05) is 12.3 Å². The lowest BCUT2D eigenvalue weighted by atomic mass is 9.89. The Morgan fingerprint density at radius 3 is 2.36 bits per heavy atom. The zero-order valence-electron chi connectivity index (χ0n) is 13.8. The largest absolute Gasteiger partial charge is 0.450 e. The maximum absolute atomic E-state index is 12.8. The zero-order chi connectivity index (χ0) is 17.4. The standard InChI is InChI=1S/C21H17NO3/c1-14(23)25-20-19(16-9-3-2-4-10-16)22(21(20)24)18-13-7-11-15-8-5-6-12-17(15)18/h2-13,19-20H,1H3/t19-,20-/m1/s1. The second-order valence-electron chi connectivity index (χ2n) is 6.09. The maximum atomic E-state index is 12.8. The van der Waals surface area contributed by atoms with Crippen molar-refractivity contribution in [1.29, 1.82) is 0 Å². The molecular weight excluding hydrogens is 314 g/mol. The molecule has 0 spiro atoms. The molecule has 3 aromatic carbocycles. The van der Waals surface area contributed by atoms with Crippen LogP contribution in [0.25, 0.3) is 10.8 Å². The van der Waals surface area contributed by atoms with Crippen molar-refractivity contribution in [1.82, 2.24) is 0 Å². The average Bonchev–Trinajstić information content (AvgIpc) is 2.64. The van der Waals surface area contributed by atoms with E-state index >= 15 is 0 Å². The first-order valence-corrected chi connectivity index (χ1v) is 8.20. The van der Waals surface area contributed by atoms with Gasteiger partial charge >= 0.3 is 5.97 Å². The molecule has 25 heavy (non-hydrogen) atoms. The Balaban J connectivity index is 1.82. The van der Waals surface area contributed by atoms with Gasteiger partial charge in [-0.05, 0) is 17.0 Å². The summed E-state index contributed by atoms with van der Waals surface area (Å²) < 4.78 is 5.30. The minimum Gasteiger partial charge on any atom is -0.450 e. The number of hydrogen-bond donors (Lipinski definition) is 0. The highest BCUT2D eigenvalue weighted by atomic mass is 16.6. The molecule has 4 nitrogen and oxygen atoms in total. The topological polar surface area (TPSA) is 46.6 Å². The summed E-state index contributed by atoms with van der Waals surface area (Å²) in [5, 5.41) is 2.07. The van der Waals surface area contributed by atoms with Gasteiger partial charge < -0.3 is 4.74 Å². The number of benzene rings is 3. The fourth-order valence-corrected chi connectivity index (χ4v) is 3.42. The lowest BCUT2D eigenvalue weighted by Gasteiger charge is -2.46. The van der Waals surface area contributed by atoms with Gasteiger partial charge in [0.25, 0.3) is 5.91 Å². The van der Waals surface area contributed by atoms with E-state index in [2.05, 4.69) is 0 Å². The Morgan fingerprint density at radius 1 is 0.920 bits per heavy atom. The third kappa shape index (κ3) is 2.56. The van der Waals surface area contributed by atoms with Crippen LogP contribution in [0.2, 0.25) is 0 Å². The summed E-state index contributed by atoms with van der Waals surface area (Å²) in [5.74, 6) is -0.641. The molecule has 1 saturated heterocycles. The highest BCUT2D eigenvalue weighted by molar-refractivity contribution is 6.11. The molecule has 0 aliphatic carbocycles. The van der Waals surface area contributed by atoms with E-state index in [-0.39, 0.29) is 11.9 Å². The fourth-order valence-electron chi connectivity index (χ4n) is 3.42. The number of anilines is 1. The van der Waals surface area contributed by atoms with Crippen molar-refractivity contribution in [2.75, 3.05) is 4.90 Å². The fraction of sp³-hybridized carbons (Fsp3) is 0.143. The quantitative estimate of drug-likeness (QED) is 0.541. The first-order chi connectivity index (χ1) is 12.2. The van der Waals surface area contributed by atoms with E-state index in [0.717, 1.165) is 22.0 Å². The Labute approximate surface area is 145 Å². The van der Waals surface area contributed by atoms with Crippen LogP contribution in [0.5, 0.6) is 0 Å². The normalized spacial score (nSPS) is 19.6. The van der Waals surface area contributed by atoms with Gasteiger partial charge in [0.15, 0.2) is 0 Å². The Hall–Kier alpha value is -3.14. The van der Waals surface area contributed by atoms with Gasteiger partial charge in [-0.1, -0.05) is 66.7 Å². The summed E-state index contributed by atoms with van der Waals surface area (Å²) in [7, 11) is 0. The van der Waals surface area contributed by atoms with Gasteiger partial charge in [-0.25, -0.2) is 0 Å². The highest BCUT2D eigenvalue weighted by Gasteiger charge is 2.51. The number of nitrogens with zero attached hydrogens (tertiary/aromatic N) is 1. The minimum absolute atomic E-state index is 0.194. The third-order valence-corrected chi connectivity index (χ3v) is 4.51. The van der Waals surface area contributed by atoms with Crippen LogP contribution >= 0.6 is 0 Å². The van der Waals surface area contributed by atoms with E-state index in [4.69, 9.17) is 4.74 Å². The van der Waals surface area contributed by atoms with E-state index in [1.54, 1.807) is 4.90 Å². The second kappa shape index (κ2) is 6.06. The summed E-state index contributed by atoms with van der Waals surface area (Å²) >= 11 is 0. The summed E-state index contributed by atoms with van der Waals surface area (Å²) in [6.45, 7) is 1.33. The molecule has 2 atom stereocenters. The van der Waals surface area contributed by atoms with E-state index in [1.165, 1.54) is 6.92 Å². The number of amides is 1. The monoisotopic (exact) mass is 331 g/mol. The zero-order valence-corrected chi connectivity index (χ0v) is 13.8. The molecule has 1 aliphatic heterocycles. The molecule has 1 amide bonds. The molecule has 0 N–H and O–H groups in total. The number of carbonyl (C=O) groups excluding carboxylic acids is 2. The van der Waals surface area contributed by atoms with Crippen LogP contribution in [0.4, 0.5) is 5.69 Å². The van der Waals surface area contributed by atoms with E-state index < -0.39 is 12.1 Å². The lowest BCUT2D eigenvalue weighted by Crippen LogP contribution is -2.60. The Bertz CT molecular complexity index is 946. The number of β-lactam (4-membered cyclic amide) rings is 1. The highest BCUT2D eigenvalue weighted by Crippen LogP contribution is 2.43. The molecule has 4 heteroatoms. The van der Waals surface area contributed by atoms with Crippen molar-refractivity contribution in [3.8, 4) is 0 Å². The maximum Gasteiger partial charge on any atom is 0.303 e. The van der Waals surface area contributed by atoms with Gasteiger partial charge in [0.2, 0.25) is 6.10 Å². The second-order valence-corrected chi connectivity index (χ2v) is 6.09. The molecule has 124 valence electrons. The van der Waals surface area contributed by atoms with Gasteiger partial charge in [0.05, 0.1) is 5.69 Å². The van der Waals surface area contributed by atoms with Crippen molar-refractivity contribution >= 4 is 28.3 Å². The molecule has 3 aromatic rings. The molecule has 0 saturated carbocycles. The van der Waals surface area contributed by atoms with Gasteiger partial charge in [-0.3, -0.25) is 14.5 Å². The molecule has 0 unspecified atom stereocenters. The molecule has 0 bridgehead atoms. The van der Waals surface area contributed by atoms with Crippen LogP contribution in [0.15, 0.2) is 72.8 Å². The predicted molar refractivity (Wildman–Crippen MR) is 96.2 cm³/mol. The summed E-state index contributed by atoms with van der Waals surface area (Å²) in [6.07, 6.45) is -0.779. The number of ether oxygens (including phenoxy) is 1. The Kier molecular flexibility index (Phi) is 3.73. The van der Waals surface area contributed by atoms with E-state index in [9.17, 15) is 9.59 Å². The predicted octanol–water partition coefficient (Wildman–Crippen LogP) is 3.86. The summed E-state index contributed by atoms with van der Waals surface area (Å²) in [4.78, 5) is 25.9. The van der Waals surface area contributed by atoms with Crippen LogP contribution < -0.4 is 4.90 Å². The van der Waals surface area contributed by atoms with Crippen LogP contribution in [-0.2, 0) is 14.3 Å². The van der Waals surface area contributed by atoms with Crippen molar-refractivity contribution in [2.45, 2.75) is 19.1 Å². The van der Waals surface area contributed by atoms with Crippen LogP contribution in [0.1, 0.15) is 18.5 Å². The van der Waals surface area contributed by atoms with E-state index in [0.29, 0.717) is 0 Å². The van der Waals surface area contributed by atoms with Gasteiger partial charge in [0.1, 0.15) is 6.04 Å². The number of hydrogen-bond acceptors (Lipinski definition) is 3. The molecule has 4 rings (SSSR count). The van der Waals surface area contributed by atoms with Gasteiger partial charge in [-0.2, -0.15) is 0 Å². The first-order valence-electron chi connectivity index (χ1n) is 8.20. The molecular formula is C21H17NO3. The van der Waals surface area contributed by atoms with Crippen molar-refractivity contribution in [3.05, 3.63) is 78.4 Å². The van der Waals surface area contributed by atoms with Crippen LogP contribution in [0.3, 0.4) is 0 Å². The van der Waals surface area contributed by atoms with Gasteiger partial charge in [-0.15, -0.1) is 0 Å². The smallest absolute Gasteiger partial charge is 0.303 e. The number of rotatable bonds is 3. The van der Waals surface area contributed by atoms with Crippen LogP contribution in [0, 0.1) is 0 Å². The van der Waals surface area contributed by atoms with E-state index in [1.807, 2.05) is 72.8 Å². The SMILES string of the molecule is CC(=O)O[C@H]1C(=O)N(c2cccc3ccccc23)[C@@H]1c1ccccc1. The molecule has 1 aliphatic rings. The number of esters is 1. The van der Waals surface area contributed by atoms with Crippen molar-refractivity contribution in [2.24, 2.45) is 0 Å². The number of fused-ring (bicyclic) bond motifs is 1. The molecule has 0 radical (unpaired) electrons. The van der Waals surface area contributed by atoms with Crippen molar-refractivity contribution in [3.63, 3.8) is 0 Å². The minimum atomic E-state index is -0.779. The molecule has 1 heterocycles.